The number of rotatable bonds is 1. The summed E-state index contributed by atoms with van der Waals surface area (Å²) in [7, 11) is 2.03. The number of hydrogen-bond donors (Lipinski definition) is 2. The molecule has 1 aliphatic rings. The van der Waals surface area contributed by atoms with E-state index < -0.39 is 0 Å². The zero-order valence-electron chi connectivity index (χ0n) is 9.89. The first kappa shape index (κ1) is 11.7. The van der Waals surface area contributed by atoms with Crippen LogP contribution in [0.25, 0.3) is 0 Å². The Hall–Kier alpha value is -1.75. The van der Waals surface area contributed by atoms with Gasteiger partial charge in [0.15, 0.2) is 0 Å². The Morgan fingerprint density at radius 2 is 1.94 bits per heavy atom. The van der Waals surface area contributed by atoms with Crippen LogP contribution in [0, 0.1) is 0 Å². The van der Waals surface area contributed by atoms with E-state index in [0.717, 1.165) is 13.1 Å². The third kappa shape index (κ3) is 2.50. The molecule has 1 heterocycles. The molecule has 1 aromatic carbocycles. The molecule has 1 fully saturated rings. The number of phenolic OH excluding ortho intramolecular Hbond substituents is 1. The molecule has 92 valence electrons. The van der Waals surface area contributed by atoms with Crippen LogP contribution in [0.5, 0.6) is 5.75 Å². The number of nitrogens with two attached hydrogens (primary N) is 1. The second kappa shape index (κ2) is 4.63. The number of aromatic hydroxyl groups is 1. The van der Waals surface area contributed by atoms with Crippen molar-refractivity contribution in [1.82, 2.24) is 9.80 Å². The highest BCUT2D eigenvalue weighted by molar-refractivity contribution is 5.97. The Bertz CT molecular complexity index is 426. The average Bonchev–Trinajstić information content (AvgIpc) is 2.29. The molecule has 5 nitrogen and oxygen atoms in total. The van der Waals surface area contributed by atoms with Crippen molar-refractivity contribution in [2.45, 2.75) is 0 Å². The lowest BCUT2D eigenvalue weighted by Gasteiger charge is -2.32. The maximum atomic E-state index is 12.1. The molecule has 1 saturated heterocycles. The second-order valence-electron chi connectivity index (χ2n) is 4.37. The third-order valence-corrected chi connectivity index (χ3v) is 3.04. The van der Waals surface area contributed by atoms with Crippen molar-refractivity contribution in [3.8, 4) is 5.75 Å². The first-order valence-electron chi connectivity index (χ1n) is 5.64. The summed E-state index contributed by atoms with van der Waals surface area (Å²) in [4.78, 5) is 16.1. The zero-order valence-corrected chi connectivity index (χ0v) is 9.89. The highest BCUT2D eigenvalue weighted by Gasteiger charge is 2.22. The lowest BCUT2D eigenvalue weighted by molar-refractivity contribution is 0.0661. The van der Waals surface area contributed by atoms with Crippen LogP contribution in [0.15, 0.2) is 18.2 Å². The van der Waals surface area contributed by atoms with Crippen LogP contribution in [-0.4, -0.2) is 54.0 Å². The first-order chi connectivity index (χ1) is 8.08. The Morgan fingerprint density at radius 3 is 2.53 bits per heavy atom. The fraction of sp³-hybridized carbons (Fsp3) is 0.417. The number of anilines is 1. The quantitative estimate of drug-likeness (QED) is 0.690. The van der Waals surface area contributed by atoms with E-state index >= 15 is 0 Å². The van der Waals surface area contributed by atoms with Crippen molar-refractivity contribution in [3.05, 3.63) is 23.8 Å². The summed E-state index contributed by atoms with van der Waals surface area (Å²) in [6, 6.07) is 4.61. The van der Waals surface area contributed by atoms with Crippen LogP contribution in [-0.2, 0) is 0 Å². The summed E-state index contributed by atoms with van der Waals surface area (Å²) in [6.45, 7) is 3.11. The first-order valence-corrected chi connectivity index (χ1v) is 5.64. The van der Waals surface area contributed by atoms with Crippen molar-refractivity contribution in [2.24, 2.45) is 0 Å². The molecule has 0 spiro atoms. The number of likely N-dealkylation sites (N-methyl/N-ethyl adjacent to an activating group) is 1. The van der Waals surface area contributed by atoms with E-state index in [1.54, 1.807) is 17.0 Å². The molecule has 0 bridgehead atoms. The molecule has 0 unspecified atom stereocenters. The smallest absolute Gasteiger partial charge is 0.257 e. The molecule has 1 amide bonds. The Morgan fingerprint density at radius 1 is 1.29 bits per heavy atom. The van der Waals surface area contributed by atoms with Crippen molar-refractivity contribution in [2.75, 3.05) is 39.0 Å². The Kier molecular flexibility index (Phi) is 3.19. The lowest BCUT2D eigenvalue weighted by atomic mass is 10.1. The predicted molar refractivity (Wildman–Crippen MR) is 65.9 cm³/mol. The number of hydrogen-bond acceptors (Lipinski definition) is 4. The molecule has 0 atom stereocenters. The highest BCUT2D eigenvalue weighted by atomic mass is 16.3. The molecule has 1 aliphatic heterocycles. The van der Waals surface area contributed by atoms with Gasteiger partial charge >= 0.3 is 0 Å². The minimum Gasteiger partial charge on any atom is -0.507 e. The van der Waals surface area contributed by atoms with Gasteiger partial charge in [-0.15, -0.1) is 0 Å². The van der Waals surface area contributed by atoms with Gasteiger partial charge in [-0.25, -0.2) is 0 Å². The number of carbonyl (C=O) groups excluding carboxylic acids is 1. The molecule has 1 aromatic rings. The SMILES string of the molecule is CN1CCN(C(=O)c2ccc(N)cc2O)CC1. The van der Waals surface area contributed by atoms with Gasteiger partial charge in [-0.05, 0) is 19.2 Å². The standard InChI is InChI=1S/C12H17N3O2/c1-14-4-6-15(7-5-14)12(17)10-3-2-9(13)8-11(10)16/h2-3,8,16H,4-7,13H2,1H3. The van der Waals surface area contributed by atoms with Crippen molar-refractivity contribution in [1.29, 1.82) is 0 Å². The van der Waals surface area contributed by atoms with Gasteiger partial charge in [-0.2, -0.15) is 0 Å². The summed E-state index contributed by atoms with van der Waals surface area (Å²) >= 11 is 0. The molecule has 0 saturated carbocycles. The monoisotopic (exact) mass is 235 g/mol. The molecule has 17 heavy (non-hydrogen) atoms. The van der Waals surface area contributed by atoms with Crippen molar-refractivity contribution in [3.63, 3.8) is 0 Å². The van der Waals surface area contributed by atoms with Crippen LogP contribution in [0.3, 0.4) is 0 Å². The Balaban J connectivity index is 2.14. The van der Waals surface area contributed by atoms with Crippen LogP contribution in [0.4, 0.5) is 5.69 Å². The molecule has 0 aliphatic carbocycles. The second-order valence-corrected chi connectivity index (χ2v) is 4.37. The van der Waals surface area contributed by atoms with Gasteiger partial charge in [-0.1, -0.05) is 0 Å². The number of amides is 1. The van der Waals surface area contributed by atoms with E-state index in [2.05, 4.69) is 4.90 Å². The molecule has 5 heteroatoms. The van der Waals surface area contributed by atoms with E-state index in [-0.39, 0.29) is 11.7 Å². The number of phenols is 1. The summed E-state index contributed by atoms with van der Waals surface area (Å²) in [5.41, 5.74) is 6.31. The van der Waals surface area contributed by atoms with E-state index in [0.29, 0.717) is 24.3 Å². The maximum Gasteiger partial charge on any atom is 0.257 e. The van der Waals surface area contributed by atoms with E-state index in [4.69, 9.17) is 5.73 Å². The molecule has 3 N–H and O–H groups in total. The molecular weight excluding hydrogens is 218 g/mol. The summed E-state index contributed by atoms with van der Waals surface area (Å²) in [6.07, 6.45) is 0. The number of carbonyl (C=O) groups is 1. The fourth-order valence-electron chi connectivity index (χ4n) is 1.91. The summed E-state index contributed by atoms with van der Waals surface area (Å²) < 4.78 is 0. The highest BCUT2D eigenvalue weighted by Crippen LogP contribution is 2.22. The molecular formula is C12H17N3O2. The molecule has 2 rings (SSSR count). The van der Waals surface area contributed by atoms with Crippen molar-refractivity contribution < 1.29 is 9.90 Å². The molecule has 0 aromatic heterocycles. The number of nitrogen functional groups attached to an aromatic ring is 1. The minimum absolute atomic E-state index is 0.0473. The van der Waals surface area contributed by atoms with E-state index in [9.17, 15) is 9.90 Å². The largest absolute Gasteiger partial charge is 0.507 e. The van der Waals surface area contributed by atoms with Crippen molar-refractivity contribution >= 4 is 11.6 Å². The van der Waals surface area contributed by atoms with Gasteiger partial charge < -0.3 is 20.6 Å². The fourth-order valence-corrected chi connectivity index (χ4v) is 1.91. The topological polar surface area (TPSA) is 69.8 Å². The van der Waals surface area contributed by atoms with Crippen LogP contribution < -0.4 is 5.73 Å². The van der Waals surface area contributed by atoms with E-state index in [1.165, 1.54) is 6.07 Å². The van der Waals surface area contributed by atoms with E-state index in [1.807, 2.05) is 7.05 Å². The predicted octanol–water partition coefficient (Wildman–Crippen LogP) is 0.362. The average molecular weight is 235 g/mol. The summed E-state index contributed by atoms with van der Waals surface area (Å²) in [5.74, 6) is -0.176. The summed E-state index contributed by atoms with van der Waals surface area (Å²) in [5, 5.41) is 9.71. The van der Waals surface area contributed by atoms with Crippen LogP contribution >= 0.6 is 0 Å². The maximum absolute atomic E-state index is 12.1. The number of piperazine rings is 1. The Labute approximate surface area is 100 Å². The number of nitrogens with zero attached hydrogens (tertiary/aromatic N) is 2. The van der Waals surface area contributed by atoms with Gasteiger partial charge in [0.1, 0.15) is 5.75 Å². The van der Waals surface area contributed by atoms with Gasteiger partial charge in [0.2, 0.25) is 0 Å². The lowest BCUT2D eigenvalue weighted by Crippen LogP contribution is -2.47. The zero-order chi connectivity index (χ0) is 12.4. The number of benzene rings is 1. The normalized spacial score (nSPS) is 17.1. The van der Waals surface area contributed by atoms with Gasteiger partial charge in [0, 0.05) is 37.9 Å². The van der Waals surface area contributed by atoms with Gasteiger partial charge in [-0.3, -0.25) is 4.79 Å². The third-order valence-electron chi connectivity index (χ3n) is 3.04. The van der Waals surface area contributed by atoms with Crippen LogP contribution in [0.2, 0.25) is 0 Å². The minimum atomic E-state index is -0.129. The molecule has 0 radical (unpaired) electrons. The van der Waals surface area contributed by atoms with Gasteiger partial charge in [0.05, 0.1) is 5.56 Å². The van der Waals surface area contributed by atoms with Crippen LogP contribution in [0.1, 0.15) is 10.4 Å². The van der Waals surface area contributed by atoms with Gasteiger partial charge in [0.25, 0.3) is 5.91 Å².